The van der Waals surface area contributed by atoms with Gasteiger partial charge in [0.05, 0.1) is 19.5 Å². The number of aliphatic carboxylic acids is 1. The van der Waals surface area contributed by atoms with E-state index in [4.69, 9.17) is 16.7 Å². The number of carbonyl (C=O) groups excluding carboxylic acids is 1. The third kappa shape index (κ3) is 4.50. The lowest BCUT2D eigenvalue weighted by atomic mass is 10.2. The van der Waals surface area contributed by atoms with Crippen LogP contribution >= 0.6 is 11.6 Å². The van der Waals surface area contributed by atoms with Crippen LogP contribution in [0.15, 0.2) is 42.7 Å². The molecule has 0 saturated carbocycles. The van der Waals surface area contributed by atoms with Crippen LogP contribution in [0.4, 0.5) is 10.2 Å². The van der Waals surface area contributed by atoms with Crippen LogP contribution in [0, 0.1) is 5.82 Å². The van der Waals surface area contributed by atoms with Crippen LogP contribution in [0.3, 0.4) is 0 Å². The normalized spacial score (nSPS) is 10.7. The van der Waals surface area contributed by atoms with Crippen molar-refractivity contribution in [3.63, 3.8) is 0 Å². The molecule has 0 aliphatic rings. The van der Waals surface area contributed by atoms with Gasteiger partial charge in [0.1, 0.15) is 11.5 Å². The van der Waals surface area contributed by atoms with E-state index >= 15 is 0 Å². The molecule has 140 valence electrons. The van der Waals surface area contributed by atoms with Crippen molar-refractivity contribution in [2.24, 2.45) is 0 Å². The first-order chi connectivity index (χ1) is 12.9. The molecule has 1 aromatic carbocycles. The van der Waals surface area contributed by atoms with Gasteiger partial charge in [0.25, 0.3) is 5.91 Å². The maximum absolute atomic E-state index is 13.9. The van der Waals surface area contributed by atoms with E-state index in [0.29, 0.717) is 10.6 Å². The summed E-state index contributed by atoms with van der Waals surface area (Å²) in [6.07, 6.45) is 2.84. The lowest BCUT2D eigenvalue weighted by Gasteiger charge is -2.07. The summed E-state index contributed by atoms with van der Waals surface area (Å²) in [6, 6.07) is 7.46. The third-order valence-electron chi connectivity index (χ3n) is 3.75. The van der Waals surface area contributed by atoms with Gasteiger partial charge in [-0.2, -0.15) is 10.2 Å². The van der Waals surface area contributed by atoms with Gasteiger partial charge in [0.15, 0.2) is 5.82 Å². The minimum atomic E-state index is -0.984. The number of carboxylic acid groups (broad SMARTS) is 1. The number of halogens is 2. The summed E-state index contributed by atoms with van der Waals surface area (Å²) >= 11 is 6.01. The maximum atomic E-state index is 13.9. The molecule has 27 heavy (non-hydrogen) atoms. The lowest BCUT2D eigenvalue weighted by molar-refractivity contribution is -0.137. The first-order valence-electron chi connectivity index (χ1n) is 7.95. The number of aryl methyl sites for hydroxylation is 1. The minimum Gasteiger partial charge on any atom is -0.481 e. The highest BCUT2D eigenvalue weighted by atomic mass is 35.5. The molecule has 0 aliphatic heterocycles. The Kier molecular flexibility index (Phi) is 5.51. The molecule has 0 unspecified atom stereocenters. The fourth-order valence-electron chi connectivity index (χ4n) is 2.45. The molecule has 3 rings (SSSR count). The first-order valence-corrected chi connectivity index (χ1v) is 8.33. The molecule has 10 heteroatoms. The van der Waals surface area contributed by atoms with Crippen LogP contribution in [0.1, 0.15) is 22.5 Å². The number of benzene rings is 1. The standard InChI is InChI=1S/C17H15ClFN5O3/c18-12-2-1-3-13(19)11(12)10-23-8-5-15(22-23)21-17(27)14-4-7-20-24(14)9-6-16(25)26/h1-5,7-8H,6,9-10H2,(H,25,26)(H,21,22,27). The van der Waals surface area contributed by atoms with Crippen molar-refractivity contribution in [1.29, 1.82) is 0 Å². The summed E-state index contributed by atoms with van der Waals surface area (Å²) < 4.78 is 16.6. The molecule has 0 bridgehead atoms. The Hall–Kier alpha value is -3.20. The topological polar surface area (TPSA) is 102 Å². The summed E-state index contributed by atoms with van der Waals surface area (Å²) in [5, 5.41) is 19.8. The fourth-order valence-corrected chi connectivity index (χ4v) is 2.67. The van der Waals surface area contributed by atoms with Gasteiger partial charge in [-0.25, -0.2) is 4.39 Å². The van der Waals surface area contributed by atoms with E-state index in [2.05, 4.69) is 15.5 Å². The Morgan fingerprint density at radius 3 is 2.81 bits per heavy atom. The van der Waals surface area contributed by atoms with Gasteiger partial charge in [-0.1, -0.05) is 17.7 Å². The van der Waals surface area contributed by atoms with Gasteiger partial charge in [0.2, 0.25) is 0 Å². The largest absolute Gasteiger partial charge is 0.481 e. The zero-order valence-electron chi connectivity index (χ0n) is 14.0. The predicted molar refractivity (Wildman–Crippen MR) is 95.2 cm³/mol. The molecule has 2 heterocycles. The van der Waals surface area contributed by atoms with E-state index in [9.17, 15) is 14.0 Å². The second kappa shape index (κ2) is 8.00. The summed E-state index contributed by atoms with van der Waals surface area (Å²) in [4.78, 5) is 23.0. The predicted octanol–water partition coefficient (Wildman–Crippen LogP) is 2.65. The molecule has 3 aromatic rings. The van der Waals surface area contributed by atoms with E-state index in [-0.39, 0.29) is 31.0 Å². The molecule has 0 aliphatic carbocycles. The zero-order chi connectivity index (χ0) is 19.4. The number of amides is 1. The van der Waals surface area contributed by atoms with E-state index < -0.39 is 17.7 Å². The average molecular weight is 392 g/mol. The van der Waals surface area contributed by atoms with Gasteiger partial charge in [-0.15, -0.1) is 0 Å². The number of aromatic nitrogens is 4. The minimum absolute atomic E-state index is 0.0747. The van der Waals surface area contributed by atoms with Gasteiger partial charge in [0, 0.05) is 29.0 Å². The fraction of sp³-hybridized carbons (Fsp3) is 0.176. The van der Waals surface area contributed by atoms with E-state index in [0.717, 1.165) is 0 Å². The summed E-state index contributed by atoms with van der Waals surface area (Å²) in [6.45, 7) is 0.184. The van der Waals surface area contributed by atoms with Crippen LogP contribution in [-0.4, -0.2) is 36.5 Å². The van der Waals surface area contributed by atoms with Crippen LogP contribution < -0.4 is 5.32 Å². The lowest BCUT2D eigenvalue weighted by Crippen LogP contribution is -2.19. The molecule has 2 aromatic heterocycles. The second-order valence-electron chi connectivity index (χ2n) is 5.64. The molecule has 0 fully saturated rings. The van der Waals surface area contributed by atoms with E-state index in [1.54, 1.807) is 18.3 Å². The summed E-state index contributed by atoms with van der Waals surface area (Å²) in [5.74, 6) is -1.64. The number of nitrogens with one attached hydrogen (secondary N) is 1. The van der Waals surface area contributed by atoms with Crippen molar-refractivity contribution in [2.75, 3.05) is 5.32 Å². The highest BCUT2D eigenvalue weighted by Crippen LogP contribution is 2.20. The quantitative estimate of drug-likeness (QED) is 0.644. The van der Waals surface area contributed by atoms with Crippen LogP contribution in [0.25, 0.3) is 0 Å². The number of hydrogen-bond donors (Lipinski definition) is 2. The van der Waals surface area contributed by atoms with Crippen molar-refractivity contribution in [2.45, 2.75) is 19.5 Å². The van der Waals surface area contributed by atoms with Crippen LogP contribution in [0.5, 0.6) is 0 Å². The third-order valence-corrected chi connectivity index (χ3v) is 4.10. The Morgan fingerprint density at radius 2 is 2.07 bits per heavy atom. The van der Waals surface area contributed by atoms with Gasteiger partial charge < -0.3 is 10.4 Å². The molecular weight excluding hydrogens is 377 g/mol. The van der Waals surface area contributed by atoms with Gasteiger partial charge >= 0.3 is 5.97 Å². The molecule has 2 N–H and O–H groups in total. The smallest absolute Gasteiger partial charge is 0.305 e. The Morgan fingerprint density at radius 1 is 1.26 bits per heavy atom. The summed E-state index contributed by atoms with van der Waals surface area (Å²) in [7, 11) is 0. The highest BCUT2D eigenvalue weighted by molar-refractivity contribution is 6.31. The Labute approximate surface area is 158 Å². The Bertz CT molecular complexity index is 964. The number of carboxylic acids is 1. The van der Waals surface area contributed by atoms with Gasteiger partial charge in [-0.05, 0) is 18.2 Å². The molecule has 8 nitrogen and oxygen atoms in total. The van der Waals surface area contributed by atoms with Crippen molar-refractivity contribution in [3.05, 3.63) is 64.8 Å². The highest BCUT2D eigenvalue weighted by Gasteiger charge is 2.15. The van der Waals surface area contributed by atoms with Crippen molar-refractivity contribution in [1.82, 2.24) is 19.6 Å². The molecule has 0 radical (unpaired) electrons. The molecule has 1 amide bonds. The molecule has 0 atom stereocenters. The van der Waals surface area contributed by atoms with Crippen LogP contribution in [0.2, 0.25) is 5.02 Å². The Balaban J connectivity index is 1.68. The monoisotopic (exact) mass is 391 g/mol. The second-order valence-corrected chi connectivity index (χ2v) is 6.04. The number of nitrogens with zero attached hydrogens (tertiary/aromatic N) is 4. The van der Waals surface area contributed by atoms with E-state index in [1.807, 2.05) is 0 Å². The van der Waals surface area contributed by atoms with Crippen molar-refractivity contribution >= 4 is 29.3 Å². The molecule has 0 spiro atoms. The first kappa shape index (κ1) is 18.6. The summed E-state index contributed by atoms with van der Waals surface area (Å²) in [5.41, 5.74) is 0.509. The number of rotatable bonds is 7. The molecular formula is C17H15ClFN5O3. The van der Waals surface area contributed by atoms with Gasteiger partial charge in [-0.3, -0.25) is 19.0 Å². The zero-order valence-corrected chi connectivity index (χ0v) is 14.7. The number of hydrogen-bond acceptors (Lipinski definition) is 4. The van der Waals surface area contributed by atoms with Crippen LogP contribution in [-0.2, 0) is 17.9 Å². The molecule has 0 saturated heterocycles. The number of anilines is 1. The average Bonchev–Trinajstić information content (AvgIpc) is 3.25. The van der Waals surface area contributed by atoms with Crippen molar-refractivity contribution in [3.8, 4) is 0 Å². The SMILES string of the molecule is O=C(O)CCn1nccc1C(=O)Nc1ccn(Cc2c(F)cccc2Cl)n1. The van der Waals surface area contributed by atoms with Crippen molar-refractivity contribution < 1.29 is 19.1 Å². The maximum Gasteiger partial charge on any atom is 0.305 e. The van der Waals surface area contributed by atoms with E-state index in [1.165, 1.54) is 33.8 Å². The number of carbonyl (C=O) groups is 2.